The van der Waals surface area contributed by atoms with Crippen molar-refractivity contribution >= 4 is 11.8 Å². The van der Waals surface area contributed by atoms with Gasteiger partial charge in [0.1, 0.15) is 17.7 Å². The van der Waals surface area contributed by atoms with Crippen LogP contribution in [0.5, 0.6) is 0 Å². The third kappa shape index (κ3) is 3.26. The van der Waals surface area contributed by atoms with E-state index in [1.165, 1.54) is 4.90 Å². The molecule has 2 saturated heterocycles. The number of benzene rings is 1. The maximum atomic E-state index is 13.9. The zero-order chi connectivity index (χ0) is 17.3. The van der Waals surface area contributed by atoms with E-state index in [1.54, 1.807) is 4.90 Å². The van der Waals surface area contributed by atoms with Crippen molar-refractivity contribution < 1.29 is 18.4 Å². The maximum absolute atomic E-state index is 13.9. The quantitative estimate of drug-likeness (QED) is 0.818. The third-order valence-electron chi connectivity index (χ3n) is 4.77. The topological polar surface area (TPSA) is 43.9 Å². The first-order chi connectivity index (χ1) is 11.5. The number of likely N-dealkylation sites (tertiary alicyclic amines) is 1. The summed E-state index contributed by atoms with van der Waals surface area (Å²) in [5, 5.41) is 0. The number of piperazine rings is 1. The predicted molar refractivity (Wildman–Crippen MR) is 84.5 cm³/mol. The molecule has 1 unspecified atom stereocenters. The minimum Gasteiger partial charge on any atom is -0.338 e. The monoisotopic (exact) mass is 337 g/mol. The third-order valence-corrected chi connectivity index (χ3v) is 4.77. The molecule has 2 heterocycles. The summed E-state index contributed by atoms with van der Waals surface area (Å²) >= 11 is 0. The van der Waals surface area contributed by atoms with Gasteiger partial charge in [0.25, 0.3) is 5.91 Å². The first-order valence-electron chi connectivity index (χ1n) is 8.20. The molecular formula is C17H21F2N3O2. The zero-order valence-corrected chi connectivity index (χ0v) is 13.7. The van der Waals surface area contributed by atoms with Crippen LogP contribution in [0.15, 0.2) is 18.2 Å². The lowest BCUT2D eigenvalue weighted by molar-refractivity contribution is -0.136. The average Bonchev–Trinajstić information content (AvgIpc) is 3.06. The van der Waals surface area contributed by atoms with E-state index in [2.05, 4.69) is 4.90 Å². The minimum atomic E-state index is -0.765. The van der Waals surface area contributed by atoms with Gasteiger partial charge in [-0.25, -0.2) is 8.78 Å². The molecule has 2 aliphatic rings. The van der Waals surface area contributed by atoms with Gasteiger partial charge in [0.15, 0.2) is 0 Å². The lowest BCUT2D eigenvalue weighted by Crippen LogP contribution is -2.53. The highest BCUT2D eigenvalue weighted by Crippen LogP contribution is 2.24. The van der Waals surface area contributed by atoms with E-state index in [-0.39, 0.29) is 11.5 Å². The molecule has 130 valence electrons. The van der Waals surface area contributed by atoms with Gasteiger partial charge < -0.3 is 14.7 Å². The number of rotatable bonds is 2. The molecule has 2 aliphatic heterocycles. The molecule has 24 heavy (non-hydrogen) atoms. The van der Waals surface area contributed by atoms with E-state index in [0.29, 0.717) is 32.5 Å². The van der Waals surface area contributed by atoms with Crippen LogP contribution in [0.2, 0.25) is 0 Å². The van der Waals surface area contributed by atoms with Crippen LogP contribution >= 0.6 is 0 Å². The number of nitrogens with zero attached hydrogens (tertiary/aromatic N) is 3. The van der Waals surface area contributed by atoms with Gasteiger partial charge in [-0.1, -0.05) is 0 Å². The van der Waals surface area contributed by atoms with Crippen LogP contribution in [-0.2, 0) is 4.79 Å². The Kier molecular flexibility index (Phi) is 4.80. The Morgan fingerprint density at radius 2 is 1.79 bits per heavy atom. The molecule has 3 rings (SSSR count). The second-order valence-corrected chi connectivity index (χ2v) is 6.41. The molecule has 1 atom stereocenters. The van der Waals surface area contributed by atoms with Gasteiger partial charge in [-0.05, 0) is 38.1 Å². The fraction of sp³-hybridized carbons (Fsp3) is 0.529. The highest BCUT2D eigenvalue weighted by Gasteiger charge is 2.38. The van der Waals surface area contributed by atoms with E-state index in [0.717, 1.165) is 31.3 Å². The molecule has 0 aliphatic carbocycles. The molecule has 0 spiro atoms. The second-order valence-electron chi connectivity index (χ2n) is 6.41. The highest BCUT2D eigenvalue weighted by atomic mass is 19.1. The molecule has 0 aromatic heterocycles. The van der Waals surface area contributed by atoms with Crippen LogP contribution in [0.3, 0.4) is 0 Å². The first kappa shape index (κ1) is 16.8. The van der Waals surface area contributed by atoms with Crippen LogP contribution in [0.4, 0.5) is 8.78 Å². The summed E-state index contributed by atoms with van der Waals surface area (Å²) in [6, 6.07) is 2.23. The largest absolute Gasteiger partial charge is 0.338 e. The number of likely N-dealkylation sites (N-methyl/N-ethyl adjacent to an activating group) is 1. The van der Waals surface area contributed by atoms with Crippen molar-refractivity contribution in [3.05, 3.63) is 35.4 Å². The number of hydrogen-bond acceptors (Lipinski definition) is 3. The van der Waals surface area contributed by atoms with Crippen LogP contribution < -0.4 is 0 Å². The zero-order valence-electron chi connectivity index (χ0n) is 13.7. The van der Waals surface area contributed by atoms with E-state index in [4.69, 9.17) is 0 Å². The Morgan fingerprint density at radius 3 is 2.50 bits per heavy atom. The smallest absolute Gasteiger partial charge is 0.257 e. The Hall–Kier alpha value is -2.02. The molecule has 1 aromatic rings. The van der Waals surface area contributed by atoms with Crippen molar-refractivity contribution in [3.63, 3.8) is 0 Å². The minimum absolute atomic E-state index is 0.0919. The molecule has 2 fully saturated rings. The van der Waals surface area contributed by atoms with Crippen LogP contribution in [-0.4, -0.2) is 72.3 Å². The molecule has 7 heteroatoms. The fourth-order valence-corrected chi connectivity index (χ4v) is 3.32. The van der Waals surface area contributed by atoms with Crippen molar-refractivity contribution in [1.82, 2.24) is 14.7 Å². The van der Waals surface area contributed by atoms with Crippen molar-refractivity contribution in [3.8, 4) is 0 Å². The number of amides is 2. The number of halogens is 2. The van der Waals surface area contributed by atoms with Gasteiger partial charge in [-0.2, -0.15) is 0 Å². The van der Waals surface area contributed by atoms with E-state index in [9.17, 15) is 18.4 Å². The highest BCUT2D eigenvalue weighted by molar-refractivity contribution is 5.98. The van der Waals surface area contributed by atoms with Crippen molar-refractivity contribution in [2.24, 2.45) is 0 Å². The molecule has 0 radical (unpaired) electrons. The molecule has 1 aromatic carbocycles. The summed E-state index contributed by atoms with van der Waals surface area (Å²) in [5.74, 6) is -2.14. The Morgan fingerprint density at radius 1 is 1.08 bits per heavy atom. The Bertz CT molecular complexity index is 645. The molecule has 0 N–H and O–H groups in total. The van der Waals surface area contributed by atoms with Crippen molar-refractivity contribution in [1.29, 1.82) is 0 Å². The predicted octanol–water partition coefficient (Wildman–Crippen LogP) is 1.34. The molecular weight excluding hydrogens is 316 g/mol. The number of carbonyl (C=O) groups excluding carboxylic acids is 2. The second kappa shape index (κ2) is 6.84. The molecule has 2 amide bonds. The van der Waals surface area contributed by atoms with Gasteiger partial charge in [0, 0.05) is 32.7 Å². The Balaban J connectivity index is 1.76. The first-order valence-corrected chi connectivity index (χ1v) is 8.20. The maximum Gasteiger partial charge on any atom is 0.257 e. The van der Waals surface area contributed by atoms with Gasteiger partial charge in [-0.15, -0.1) is 0 Å². The normalized spacial score (nSPS) is 22.0. The van der Waals surface area contributed by atoms with Gasteiger partial charge in [0.2, 0.25) is 5.91 Å². The molecule has 5 nitrogen and oxygen atoms in total. The van der Waals surface area contributed by atoms with Crippen LogP contribution in [0.1, 0.15) is 23.2 Å². The summed E-state index contributed by atoms with van der Waals surface area (Å²) < 4.78 is 27.2. The SMILES string of the molecule is CN1CCN(C(=O)C2CCCN2C(=O)c2cc(F)ccc2F)CC1. The van der Waals surface area contributed by atoms with Crippen molar-refractivity contribution in [2.45, 2.75) is 18.9 Å². The lowest BCUT2D eigenvalue weighted by atomic mass is 10.1. The van der Waals surface area contributed by atoms with E-state index in [1.807, 2.05) is 7.05 Å². The van der Waals surface area contributed by atoms with Gasteiger partial charge in [-0.3, -0.25) is 9.59 Å². The summed E-state index contributed by atoms with van der Waals surface area (Å²) in [6.07, 6.45) is 1.25. The summed E-state index contributed by atoms with van der Waals surface area (Å²) in [4.78, 5) is 30.7. The van der Waals surface area contributed by atoms with Crippen LogP contribution in [0.25, 0.3) is 0 Å². The average molecular weight is 337 g/mol. The lowest BCUT2D eigenvalue weighted by Gasteiger charge is -2.35. The van der Waals surface area contributed by atoms with E-state index < -0.39 is 23.6 Å². The van der Waals surface area contributed by atoms with Crippen molar-refractivity contribution in [2.75, 3.05) is 39.8 Å². The molecule has 0 saturated carbocycles. The Labute approximate surface area is 139 Å². The number of hydrogen-bond donors (Lipinski definition) is 0. The molecule has 0 bridgehead atoms. The van der Waals surface area contributed by atoms with Gasteiger partial charge in [0.05, 0.1) is 5.56 Å². The summed E-state index contributed by atoms with van der Waals surface area (Å²) in [5.41, 5.74) is -0.312. The standard InChI is InChI=1S/C17H21F2N3O2/c1-20-7-9-21(10-8-20)17(24)15-3-2-6-22(15)16(23)13-11-12(18)4-5-14(13)19/h4-5,11,15H,2-3,6-10H2,1H3. The fourth-order valence-electron chi connectivity index (χ4n) is 3.32. The van der Waals surface area contributed by atoms with E-state index >= 15 is 0 Å². The summed E-state index contributed by atoms with van der Waals surface area (Å²) in [7, 11) is 2.00. The number of carbonyl (C=O) groups is 2. The van der Waals surface area contributed by atoms with Crippen LogP contribution in [0, 0.1) is 11.6 Å². The summed E-state index contributed by atoms with van der Waals surface area (Å²) in [6.45, 7) is 3.24. The van der Waals surface area contributed by atoms with Gasteiger partial charge >= 0.3 is 0 Å².